The van der Waals surface area contributed by atoms with Crippen LogP contribution in [0.15, 0.2) is 6.20 Å². The molecule has 0 aliphatic heterocycles. The van der Waals surface area contributed by atoms with E-state index in [-0.39, 0.29) is 0 Å². The molecule has 0 unspecified atom stereocenters. The molecule has 0 aliphatic carbocycles. The molecular weight excluding hydrogens is 392 g/mol. The van der Waals surface area contributed by atoms with Gasteiger partial charge in [0.1, 0.15) is 0 Å². The van der Waals surface area contributed by atoms with Gasteiger partial charge in [0.25, 0.3) is 6.43 Å². The summed E-state index contributed by atoms with van der Waals surface area (Å²) >= 11 is 1.29. The highest BCUT2D eigenvalue weighted by Crippen LogP contribution is 2.33. The highest BCUT2D eigenvalue weighted by Gasteiger charge is 2.34. The molecule has 1 aromatic heterocycles. The van der Waals surface area contributed by atoms with Gasteiger partial charge in [0.2, 0.25) is 5.88 Å². The molecular formula is C9H5F5INO3. The molecule has 0 saturated carbocycles. The van der Waals surface area contributed by atoms with E-state index in [9.17, 15) is 26.7 Å². The van der Waals surface area contributed by atoms with Gasteiger partial charge in [-0.05, 0) is 28.2 Å². The third-order valence-electron chi connectivity index (χ3n) is 1.90. The average Bonchev–Trinajstić information content (AvgIpc) is 2.21. The number of aliphatic carboxylic acids is 1. The Labute approximate surface area is 116 Å². The minimum Gasteiger partial charge on any atom is -0.481 e. The molecule has 4 nitrogen and oxygen atoms in total. The van der Waals surface area contributed by atoms with E-state index in [4.69, 9.17) is 5.11 Å². The molecule has 0 fully saturated rings. The predicted molar refractivity (Wildman–Crippen MR) is 59.9 cm³/mol. The van der Waals surface area contributed by atoms with Crippen LogP contribution < -0.4 is 4.74 Å². The summed E-state index contributed by atoms with van der Waals surface area (Å²) in [5.74, 6) is -2.40. The minimum atomic E-state index is -5.04. The van der Waals surface area contributed by atoms with E-state index in [0.29, 0.717) is 6.20 Å². The van der Waals surface area contributed by atoms with Gasteiger partial charge in [-0.2, -0.15) is 0 Å². The summed E-state index contributed by atoms with van der Waals surface area (Å²) in [5, 5.41) is 8.59. The van der Waals surface area contributed by atoms with Gasteiger partial charge in [0.05, 0.1) is 9.99 Å². The largest absolute Gasteiger partial charge is 0.574 e. The van der Waals surface area contributed by atoms with Crippen LogP contribution in [-0.4, -0.2) is 22.4 Å². The fourth-order valence-corrected chi connectivity index (χ4v) is 1.97. The number of pyridine rings is 1. The SMILES string of the molecule is O=C(O)Cc1c(C(F)F)cnc(OC(F)(F)F)c1I. The van der Waals surface area contributed by atoms with Crippen LogP contribution in [0.1, 0.15) is 17.6 Å². The topological polar surface area (TPSA) is 59.4 Å². The summed E-state index contributed by atoms with van der Waals surface area (Å²) < 4.78 is 64.5. The Balaban J connectivity index is 3.29. The normalized spacial score (nSPS) is 11.7. The van der Waals surface area contributed by atoms with Crippen molar-refractivity contribution in [2.24, 2.45) is 0 Å². The summed E-state index contributed by atoms with van der Waals surface area (Å²) in [6.45, 7) is 0. The Morgan fingerprint density at radius 1 is 1.47 bits per heavy atom. The molecule has 0 bridgehead atoms. The summed E-state index contributed by atoms with van der Waals surface area (Å²) in [6, 6.07) is 0. The Bertz CT molecular complexity index is 491. The molecule has 1 rings (SSSR count). The molecule has 0 aromatic carbocycles. The third-order valence-corrected chi connectivity index (χ3v) is 3.01. The second-order valence-electron chi connectivity index (χ2n) is 3.23. The summed E-state index contributed by atoms with van der Waals surface area (Å²) in [7, 11) is 0. The maximum atomic E-state index is 12.6. The van der Waals surface area contributed by atoms with Crippen LogP contribution in [0, 0.1) is 3.57 Å². The van der Waals surface area contributed by atoms with E-state index >= 15 is 0 Å². The summed E-state index contributed by atoms with van der Waals surface area (Å²) in [6.07, 6.45) is -8.46. The van der Waals surface area contributed by atoms with Crippen molar-refractivity contribution in [3.05, 3.63) is 20.9 Å². The molecule has 0 saturated heterocycles. The number of hydrogen-bond donors (Lipinski definition) is 1. The van der Waals surface area contributed by atoms with Gasteiger partial charge in [0, 0.05) is 11.8 Å². The Hall–Kier alpha value is -1.20. The van der Waals surface area contributed by atoms with Crippen molar-refractivity contribution in [1.82, 2.24) is 4.98 Å². The van der Waals surface area contributed by atoms with E-state index < -0.39 is 45.8 Å². The fourth-order valence-electron chi connectivity index (χ4n) is 1.22. The molecule has 1 aromatic rings. The van der Waals surface area contributed by atoms with Crippen LogP contribution in [0.4, 0.5) is 22.0 Å². The van der Waals surface area contributed by atoms with Gasteiger partial charge in [-0.15, -0.1) is 13.2 Å². The van der Waals surface area contributed by atoms with Gasteiger partial charge < -0.3 is 9.84 Å². The Morgan fingerprint density at radius 3 is 2.47 bits per heavy atom. The van der Waals surface area contributed by atoms with Gasteiger partial charge in [-0.3, -0.25) is 4.79 Å². The molecule has 0 spiro atoms. The van der Waals surface area contributed by atoms with Gasteiger partial charge in [0.15, 0.2) is 0 Å². The number of alkyl halides is 5. The maximum absolute atomic E-state index is 12.6. The minimum absolute atomic E-state index is 0.407. The lowest BCUT2D eigenvalue weighted by Crippen LogP contribution is -2.20. The quantitative estimate of drug-likeness (QED) is 0.627. The zero-order valence-electron chi connectivity index (χ0n) is 8.84. The molecule has 0 aliphatic rings. The van der Waals surface area contributed by atoms with Crippen LogP contribution in [0.3, 0.4) is 0 Å². The number of carboxylic acid groups (broad SMARTS) is 1. The zero-order chi connectivity index (χ0) is 14.8. The molecule has 106 valence electrons. The van der Waals surface area contributed by atoms with Gasteiger partial charge in [-0.25, -0.2) is 13.8 Å². The van der Waals surface area contributed by atoms with E-state index in [1.165, 1.54) is 22.6 Å². The average molecular weight is 397 g/mol. The van der Waals surface area contributed by atoms with Crippen LogP contribution in [0.5, 0.6) is 5.88 Å². The fraction of sp³-hybridized carbons (Fsp3) is 0.333. The number of nitrogens with zero attached hydrogens (tertiary/aromatic N) is 1. The van der Waals surface area contributed by atoms with Crippen molar-refractivity contribution in [2.45, 2.75) is 19.2 Å². The molecule has 1 heterocycles. The first-order valence-electron chi connectivity index (χ1n) is 4.54. The highest BCUT2D eigenvalue weighted by atomic mass is 127. The first-order valence-corrected chi connectivity index (χ1v) is 5.62. The standard InChI is InChI=1S/C9H5F5INO3/c10-7(11)4-2-16-8(19-9(12,13)14)6(15)3(4)1-5(17)18/h2,7H,1H2,(H,17,18). The lowest BCUT2D eigenvalue weighted by atomic mass is 10.1. The van der Waals surface area contributed by atoms with Crippen molar-refractivity contribution < 1.29 is 36.6 Å². The van der Waals surface area contributed by atoms with Crippen LogP contribution in [0.25, 0.3) is 0 Å². The number of aromatic nitrogens is 1. The number of carbonyl (C=O) groups is 1. The van der Waals surface area contributed by atoms with Gasteiger partial charge in [-0.1, -0.05) is 0 Å². The summed E-state index contributed by atoms with van der Waals surface area (Å²) in [4.78, 5) is 13.7. The molecule has 19 heavy (non-hydrogen) atoms. The molecule has 0 amide bonds. The Morgan fingerprint density at radius 2 is 2.05 bits per heavy atom. The van der Waals surface area contributed by atoms with Crippen molar-refractivity contribution in [1.29, 1.82) is 0 Å². The molecule has 0 radical (unpaired) electrons. The lowest BCUT2D eigenvalue weighted by molar-refractivity contribution is -0.276. The smallest absolute Gasteiger partial charge is 0.481 e. The van der Waals surface area contributed by atoms with E-state index in [1.807, 2.05) is 0 Å². The van der Waals surface area contributed by atoms with E-state index in [1.54, 1.807) is 0 Å². The first-order chi connectivity index (χ1) is 8.61. The highest BCUT2D eigenvalue weighted by molar-refractivity contribution is 14.1. The second kappa shape index (κ2) is 5.84. The first kappa shape index (κ1) is 15.9. The van der Waals surface area contributed by atoms with Crippen LogP contribution in [-0.2, 0) is 11.2 Å². The lowest BCUT2D eigenvalue weighted by Gasteiger charge is -2.14. The van der Waals surface area contributed by atoms with Crippen molar-refractivity contribution in [3.63, 3.8) is 0 Å². The number of halogens is 6. The van der Waals surface area contributed by atoms with Crippen molar-refractivity contribution in [3.8, 4) is 5.88 Å². The second-order valence-corrected chi connectivity index (χ2v) is 4.31. The zero-order valence-corrected chi connectivity index (χ0v) is 11.0. The van der Waals surface area contributed by atoms with Crippen LogP contribution >= 0.6 is 22.6 Å². The number of ether oxygens (including phenoxy) is 1. The van der Waals surface area contributed by atoms with Gasteiger partial charge >= 0.3 is 12.3 Å². The predicted octanol–water partition coefficient (Wildman–Crippen LogP) is 3.15. The van der Waals surface area contributed by atoms with E-state index in [0.717, 1.165) is 0 Å². The molecule has 0 atom stereocenters. The number of carboxylic acids is 1. The number of rotatable bonds is 4. The van der Waals surface area contributed by atoms with Crippen molar-refractivity contribution >= 4 is 28.6 Å². The monoisotopic (exact) mass is 397 g/mol. The Kier molecular flexibility index (Phi) is 4.87. The third kappa shape index (κ3) is 4.44. The van der Waals surface area contributed by atoms with E-state index in [2.05, 4.69) is 9.72 Å². The van der Waals surface area contributed by atoms with Crippen molar-refractivity contribution in [2.75, 3.05) is 0 Å². The summed E-state index contributed by atoms with van der Waals surface area (Å²) in [5.41, 5.74) is -1.18. The molecule has 1 N–H and O–H groups in total. The van der Waals surface area contributed by atoms with Crippen LogP contribution in [0.2, 0.25) is 0 Å². The number of hydrogen-bond acceptors (Lipinski definition) is 3. The maximum Gasteiger partial charge on any atom is 0.574 e. The molecule has 10 heteroatoms.